The Balaban J connectivity index is 0.00000179. The van der Waals surface area contributed by atoms with Crippen LogP contribution in [0.2, 0.25) is 0 Å². The fraction of sp³-hybridized carbons (Fsp3) is 0.652. The molecule has 0 aliphatic carbocycles. The molecule has 58 heavy (non-hydrogen) atoms. The Hall–Kier alpha value is -4.16. The van der Waals surface area contributed by atoms with Crippen LogP contribution in [0.5, 0.6) is 11.5 Å². The van der Waals surface area contributed by atoms with E-state index in [2.05, 4.69) is 47.9 Å². The van der Waals surface area contributed by atoms with E-state index in [1.165, 1.54) is 88.2 Å². The van der Waals surface area contributed by atoms with Crippen molar-refractivity contribution in [2.24, 2.45) is 0 Å². The first kappa shape index (κ1) is 50.0. The summed E-state index contributed by atoms with van der Waals surface area (Å²) in [6.45, 7) is 12.7. The first-order valence-electron chi connectivity index (χ1n) is 21.8. The molecule has 2 amide bonds. The van der Waals surface area contributed by atoms with E-state index in [4.69, 9.17) is 29.3 Å². The average Bonchev–Trinajstić information content (AvgIpc) is 3.23. The predicted octanol–water partition coefficient (Wildman–Crippen LogP) is 8.12. The molecule has 0 bridgehead atoms. The number of aliphatic carboxylic acids is 2. The molecular weight excluding hydrogens is 737 g/mol. The van der Waals surface area contributed by atoms with Gasteiger partial charge in [0, 0.05) is 37.3 Å². The summed E-state index contributed by atoms with van der Waals surface area (Å²) in [4.78, 5) is 52.3. The van der Waals surface area contributed by atoms with E-state index in [9.17, 15) is 9.59 Å². The van der Waals surface area contributed by atoms with Crippen LogP contribution in [0.15, 0.2) is 48.5 Å². The number of carbonyl (C=O) groups excluding carboxylic acids is 2. The molecule has 1 heterocycles. The molecule has 2 aromatic rings. The van der Waals surface area contributed by atoms with E-state index in [0.29, 0.717) is 0 Å². The third-order valence-electron chi connectivity index (χ3n) is 10.9. The second kappa shape index (κ2) is 30.9. The lowest BCUT2D eigenvalue weighted by Gasteiger charge is -2.34. The van der Waals surface area contributed by atoms with E-state index in [1.54, 1.807) is 24.0 Å². The van der Waals surface area contributed by atoms with Crippen molar-refractivity contribution in [3.05, 3.63) is 59.7 Å². The monoisotopic (exact) mass is 811 g/mol. The van der Waals surface area contributed by atoms with Crippen LogP contribution in [0.4, 0.5) is 0 Å². The molecule has 3 rings (SSSR count). The average molecular weight is 811 g/mol. The molecule has 0 radical (unpaired) electrons. The maximum absolute atomic E-state index is 12.8. The largest absolute Gasteiger partial charge is 0.496 e. The van der Waals surface area contributed by atoms with Crippen LogP contribution < -0.4 is 9.47 Å². The SMILES string of the molecule is CCN(CCCCCCCCCCN1CC(=O)N(CCCCCCCCCCN(CC)Cc2ccccc2OC)CC1=O)Cc1ccccc1OC.O=C(O)C(=O)O. The lowest BCUT2D eigenvalue weighted by Crippen LogP contribution is -2.54. The van der Waals surface area contributed by atoms with Crippen LogP contribution in [0.3, 0.4) is 0 Å². The minimum atomic E-state index is -1.82. The summed E-state index contributed by atoms with van der Waals surface area (Å²) in [6, 6.07) is 16.6. The van der Waals surface area contributed by atoms with Gasteiger partial charge in [-0.25, -0.2) is 9.59 Å². The highest BCUT2D eigenvalue weighted by Crippen LogP contribution is 2.21. The smallest absolute Gasteiger partial charge is 0.414 e. The number of hydrogen-bond acceptors (Lipinski definition) is 8. The summed E-state index contributed by atoms with van der Waals surface area (Å²) in [7, 11) is 3.49. The molecule has 2 N–H and O–H groups in total. The second-order valence-corrected chi connectivity index (χ2v) is 15.3. The maximum Gasteiger partial charge on any atom is 0.414 e. The van der Waals surface area contributed by atoms with Gasteiger partial charge in [-0.05, 0) is 64.0 Å². The van der Waals surface area contributed by atoms with Crippen molar-refractivity contribution in [2.45, 2.75) is 130 Å². The summed E-state index contributed by atoms with van der Waals surface area (Å²) in [5.74, 6) is -1.45. The highest BCUT2D eigenvalue weighted by atomic mass is 16.5. The molecule has 1 fully saturated rings. The maximum atomic E-state index is 12.8. The summed E-state index contributed by atoms with van der Waals surface area (Å²) >= 11 is 0. The number of carboxylic acid groups (broad SMARTS) is 2. The van der Waals surface area contributed by atoms with Crippen LogP contribution in [-0.4, -0.2) is 120 Å². The lowest BCUT2D eigenvalue weighted by atomic mass is 10.1. The Morgan fingerprint density at radius 2 is 0.845 bits per heavy atom. The molecule has 12 heteroatoms. The zero-order valence-electron chi connectivity index (χ0n) is 36.1. The van der Waals surface area contributed by atoms with E-state index in [0.717, 1.165) is 89.5 Å². The molecule has 1 aliphatic heterocycles. The quantitative estimate of drug-likeness (QED) is 0.0588. The molecule has 0 atom stereocenters. The van der Waals surface area contributed by atoms with Crippen molar-refractivity contribution < 1.29 is 38.9 Å². The fourth-order valence-electron chi connectivity index (χ4n) is 7.35. The van der Waals surface area contributed by atoms with Crippen molar-refractivity contribution >= 4 is 23.8 Å². The van der Waals surface area contributed by atoms with Crippen LogP contribution >= 0.6 is 0 Å². The minimum absolute atomic E-state index is 0.121. The molecule has 2 aromatic carbocycles. The van der Waals surface area contributed by atoms with Gasteiger partial charge in [-0.2, -0.15) is 0 Å². The van der Waals surface area contributed by atoms with Crippen molar-refractivity contribution in [1.82, 2.24) is 19.6 Å². The van der Waals surface area contributed by atoms with Gasteiger partial charge in [-0.3, -0.25) is 19.4 Å². The van der Waals surface area contributed by atoms with Crippen LogP contribution in [0.1, 0.15) is 128 Å². The van der Waals surface area contributed by atoms with E-state index < -0.39 is 11.9 Å². The highest BCUT2D eigenvalue weighted by molar-refractivity contribution is 6.27. The van der Waals surface area contributed by atoms with Crippen molar-refractivity contribution in [2.75, 3.05) is 66.6 Å². The first-order chi connectivity index (χ1) is 28.1. The topological polar surface area (TPSA) is 140 Å². The Bertz CT molecular complexity index is 1350. The van der Waals surface area contributed by atoms with Gasteiger partial charge >= 0.3 is 11.9 Å². The van der Waals surface area contributed by atoms with Gasteiger partial charge in [0.05, 0.1) is 27.3 Å². The number of benzene rings is 2. The Morgan fingerprint density at radius 3 is 1.16 bits per heavy atom. The number of para-hydroxylation sites is 2. The van der Waals surface area contributed by atoms with Crippen LogP contribution in [-0.2, 0) is 32.3 Å². The second-order valence-electron chi connectivity index (χ2n) is 15.3. The summed E-state index contributed by atoms with van der Waals surface area (Å²) in [6.07, 6.45) is 19.3. The predicted molar refractivity (Wildman–Crippen MR) is 230 cm³/mol. The lowest BCUT2D eigenvalue weighted by molar-refractivity contribution is -0.159. The Kier molecular flexibility index (Phi) is 26.6. The first-order valence-corrected chi connectivity index (χ1v) is 21.8. The standard InChI is InChI=1S/C44H72N4O4.C2H2O4/c1-5-45(35-39-27-19-21-29-41(39)51-3)31-23-15-11-7-9-13-17-25-33-47-37-44(50)48(38-43(47)49)34-26-18-14-10-8-12-16-24-32-46(6-2)36-40-28-20-22-30-42(40)52-4;3-1(4)2(5)6/h19-22,27-30H,5-18,23-26,31-38H2,1-4H3;(H,3,4)(H,5,6). The number of carbonyl (C=O) groups is 4. The minimum Gasteiger partial charge on any atom is -0.496 e. The number of methoxy groups -OCH3 is 2. The number of rotatable bonds is 30. The van der Waals surface area contributed by atoms with Gasteiger partial charge < -0.3 is 29.5 Å². The van der Waals surface area contributed by atoms with Gasteiger partial charge in [0.15, 0.2) is 0 Å². The van der Waals surface area contributed by atoms with E-state index in [-0.39, 0.29) is 24.9 Å². The molecule has 0 spiro atoms. The van der Waals surface area contributed by atoms with Gasteiger partial charge in [0.1, 0.15) is 11.5 Å². The molecule has 0 aromatic heterocycles. The number of ether oxygens (including phenoxy) is 2. The molecule has 0 unspecified atom stereocenters. The highest BCUT2D eigenvalue weighted by Gasteiger charge is 2.28. The third-order valence-corrected chi connectivity index (χ3v) is 10.9. The molecule has 1 aliphatic rings. The number of nitrogens with zero attached hydrogens (tertiary/aromatic N) is 4. The summed E-state index contributed by atoms with van der Waals surface area (Å²) in [5, 5.41) is 14.8. The van der Waals surface area contributed by atoms with Gasteiger partial charge in [-0.1, -0.05) is 127 Å². The van der Waals surface area contributed by atoms with Gasteiger partial charge in [0.25, 0.3) is 0 Å². The normalized spacial score (nSPS) is 12.9. The molecule has 12 nitrogen and oxygen atoms in total. The summed E-state index contributed by atoms with van der Waals surface area (Å²) in [5.41, 5.74) is 2.52. The zero-order chi connectivity index (χ0) is 42.4. The van der Waals surface area contributed by atoms with E-state index in [1.807, 2.05) is 24.3 Å². The number of carboxylic acids is 2. The Labute approximate surface area is 348 Å². The van der Waals surface area contributed by atoms with Crippen LogP contribution in [0.25, 0.3) is 0 Å². The fourth-order valence-corrected chi connectivity index (χ4v) is 7.35. The van der Waals surface area contributed by atoms with Crippen molar-refractivity contribution in [1.29, 1.82) is 0 Å². The van der Waals surface area contributed by atoms with Crippen LogP contribution in [0, 0.1) is 0 Å². The molecular formula is C46H74N4O8. The molecule has 0 saturated carbocycles. The number of unbranched alkanes of at least 4 members (excludes halogenated alkanes) is 14. The Morgan fingerprint density at radius 1 is 0.534 bits per heavy atom. The number of piperazine rings is 1. The van der Waals surface area contributed by atoms with E-state index >= 15 is 0 Å². The number of hydrogen-bond donors (Lipinski definition) is 2. The van der Waals surface area contributed by atoms with Gasteiger partial charge in [-0.15, -0.1) is 0 Å². The van der Waals surface area contributed by atoms with Crippen molar-refractivity contribution in [3.63, 3.8) is 0 Å². The van der Waals surface area contributed by atoms with Crippen molar-refractivity contribution in [3.8, 4) is 11.5 Å². The zero-order valence-corrected chi connectivity index (χ0v) is 36.1. The molecule has 1 saturated heterocycles. The number of amides is 2. The molecule has 326 valence electrons. The van der Waals surface area contributed by atoms with Gasteiger partial charge in [0.2, 0.25) is 11.8 Å². The summed E-state index contributed by atoms with van der Waals surface area (Å²) < 4.78 is 11.0. The third kappa shape index (κ3) is 21.0.